The second-order valence-corrected chi connectivity index (χ2v) is 3.61. The molecule has 0 radical (unpaired) electrons. The van der Waals surface area contributed by atoms with Crippen LogP contribution in [0.15, 0.2) is 30.0 Å². The fraction of sp³-hybridized carbons (Fsp3) is 0.182. The average molecular weight is 204 g/mol. The van der Waals surface area contributed by atoms with E-state index in [1.54, 1.807) is 31.3 Å². The van der Waals surface area contributed by atoms with Crippen molar-refractivity contribution in [1.29, 1.82) is 0 Å². The molecule has 1 aliphatic heterocycles. The topological polar surface area (TPSA) is 66.6 Å². The molecule has 1 aliphatic rings. The van der Waals surface area contributed by atoms with Crippen LogP contribution in [-0.4, -0.2) is 29.5 Å². The first-order valence-electron chi connectivity index (χ1n) is 4.63. The minimum absolute atomic E-state index is 0.105. The van der Waals surface area contributed by atoms with Crippen molar-refractivity contribution < 1.29 is 9.90 Å². The lowest BCUT2D eigenvalue weighted by Gasteiger charge is -2.07. The minimum Gasteiger partial charge on any atom is -0.510 e. The van der Waals surface area contributed by atoms with E-state index in [1.807, 2.05) is 0 Å². The number of hydrogen-bond acceptors (Lipinski definition) is 3. The van der Waals surface area contributed by atoms with Crippen LogP contribution in [0.25, 0.3) is 5.57 Å². The number of aliphatic hydroxyl groups is 1. The Morgan fingerprint density at radius 1 is 1.47 bits per heavy atom. The van der Waals surface area contributed by atoms with Crippen molar-refractivity contribution in [2.75, 3.05) is 19.3 Å². The Labute approximate surface area is 87.6 Å². The molecule has 4 nitrogen and oxygen atoms in total. The monoisotopic (exact) mass is 204 g/mol. The van der Waals surface area contributed by atoms with Crippen molar-refractivity contribution in [2.24, 2.45) is 0 Å². The number of nitrogens with two attached hydrogens (primary N) is 1. The highest BCUT2D eigenvalue weighted by atomic mass is 16.3. The molecule has 1 amide bonds. The van der Waals surface area contributed by atoms with Gasteiger partial charge in [-0.15, -0.1) is 0 Å². The van der Waals surface area contributed by atoms with Crippen molar-refractivity contribution >= 4 is 17.2 Å². The third-order valence-corrected chi connectivity index (χ3v) is 2.41. The van der Waals surface area contributed by atoms with Gasteiger partial charge in [-0.2, -0.15) is 0 Å². The number of nitrogens with zero attached hydrogens (tertiary/aromatic N) is 1. The van der Waals surface area contributed by atoms with Gasteiger partial charge in [-0.05, 0) is 17.7 Å². The molecular weight excluding hydrogens is 192 g/mol. The molecule has 0 fully saturated rings. The van der Waals surface area contributed by atoms with Crippen LogP contribution >= 0.6 is 0 Å². The lowest BCUT2D eigenvalue weighted by atomic mass is 10.1. The Morgan fingerprint density at radius 2 is 2.20 bits per heavy atom. The molecule has 0 saturated carbocycles. The molecule has 1 aromatic rings. The van der Waals surface area contributed by atoms with Crippen molar-refractivity contribution in [3.63, 3.8) is 0 Å². The zero-order valence-corrected chi connectivity index (χ0v) is 8.40. The van der Waals surface area contributed by atoms with E-state index in [-0.39, 0.29) is 18.2 Å². The standard InChI is InChI=1S/C11H12N2O2/c1-13-6-9(14)10(11(13)15)7-3-2-4-8(12)5-7/h2-5,14H,6,12H2,1H3. The summed E-state index contributed by atoms with van der Waals surface area (Å²) in [6.07, 6.45) is 0. The summed E-state index contributed by atoms with van der Waals surface area (Å²) in [5.41, 5.74) is 7.22. The number of aliphatic hydroxyl groups excluding tert-OH is 1. The summed E-state index contributed by atoms with van der Waals surface area (Å²) in [7, 11) is 1.65. The van der Waals surface area contributed by atoms with E-state index in [0.717, 1.165) is 0 Å². The second-order valence-electron chi connectivity index (χ2n) is 3.61. The molecule has 0 atom stereocenters. The maximum atomic E-state index is 11.7. The van der Waals surface area contributed by atoms with Crippen LogP contribution in [-0.2, 0) is 4.79 Å². The number of likely N-dealkylation sites (N-methyl/N-ethyl adjacent to an activating group) is 1. The Kier molecular flexibility index (Phi) is 2.11. The first-order valence-corrected chi connectivity index (χ1v) is 4.63. The summed E-state index contributed by atoms with van der Waals surface area (Å²) in [5.74, 6) is -0.0637. The molecular formula is C11H12N2O2. The predicted octanol–water partition coefficient (Wildman–Crippen LogP) is 1.01. The highest BCUT2D eigenvalue weighted by Gasteiger charge is 2.28. The number of anilines is 1. The highest BCUT2D eigenvalue weighted by Crippen LogP contribution is 2.26. The van der Waals surface area contributed by atoms with E-state index in [0.29, 0.717) is 16.8 Å². The number of carbonyl (C=O) groups is 1. The van der Waals surface area contributed by atoms with Crippen molar-refractivity contribution in [3.05, 3.63) is 35.6 Å². The Bertz CT molecular complexity index is 452. The van der Waals surface area contributed by atoms with E-state index in [4.69, 9.17) is 5.73 Å². The van der Waals surface area contributed by atoms with Crippen LogP contribution in [0.3, 0.4) is 0 Å². The number of rotatable bonds is 1. The minimum atomic E-state index is -0.168. The lowest BCUT2D eigenvalue weighted by molar-refractivity contribution is -0.122. The fourth-order valence-corrected chi connectivity index (χ4v) is 1.67. The van der Waals surface area contributed by atoms with Gasteiger partial charge < -0.3 is 15.7 Å². The van der Waals surface area contributed by atoms with E-state index < -0.39 is 0 Å². The Morgan fingerprint density at radius 3 is 2.73 bits per heavy atom. The molecule has 0 spiro atoms. The van der Waals surface area contributed by atoms with Gasteiger partial charge >= 0.3 is 0 Å². The van der Waals surface area contributed by atoms with Crippen LogP contribution in [0.2, 0.25) is 0 Å². The van der Waals surface area contributed by atoms with Gasteiger partial charge in [0.15, 0.2) is 0 Å². The van der Waals surface area contributed by atoms with Gasteiger partial charge in [0.25, 0.3) is 5.91 Å². The number of benzene rings is 1. The van der Waals surface area contributed by atoms with Gasteiger partial charge in [-0.25, -0.2) is 0 Å². The van der Waals surface area contributed by atoms with Gasteiger partial charge in [0.05, 0.1) is 12.1 Å². The largest absolute Gasteiger partial charge is 0.510 e. The van der Waals surface area contributed by atoms with Crippen LogP contribution in [0, 0.1) is 0 Å². The molecule has 78 valence electrons. The van der Waals surface area contributed by atoms with E-state index in [2.05, 4.69) is 0 Å². The summed E-state index contributed by atoms with van der Waals surface area (Å²) in [6.45, 7) is 0.267. The number of amides is 1. The molecule has 15 heavy (non-hydrogen) atoms. The number of hydrogen-bond donors (Lipinski definition) is 2. The molecule has 2 rings (SSSR count). The van der Waals surface area contributed by atoms with Crippen molar-refractivity contribution in [2.45, 2.75) is 0 Å². The molecule has 1 heterocycles. The van der Waals surface area contributed by atoms with Gasteiger partial charge in [0.2, 0.25) is 0 Å². The molecule has 0 unspecified atom stereocenters. The third kappa shape index (κ3) is 1.54. The summed E-state index contributed by atoms with van der Waals surface area (Å²) >= 11 is 0. The smallest absolute Gasteiger partial charge is 0.258 e. The maximum absolute atomic E-state index is 11.7. The van der Waals surface area contributed by atoms with Crippen molar-refractivity contribution in [3.8, 4) is 0 Å². The summed E-state index contributed by atoms with van der Waals surface area (Å²) < 4.78 is 0. The molecule has 0 bridgehead atoms. The van der Waals surface area contributed by atoms with Gasteiger partial charge in [0, 0.05) is 12.7 Å². The average Bonchev–Trinajstić information content (AvgIpc) is 2.41. The summed E-state index contributed by atoms with van der Waals surface area (Å²) in [4.78, 5) is 13.2. The Hall–Kier alpha value is -1.97. The first kappa shape index (κ1) is 9.58. The van der Waals surface area contributed by atoms with Crippen LogP contribution < -0.4 is 5.73 Å². The number of carbonyl (C=O) groups excluding carboxylic acids is 1. The quantitative estimate of drug-likeness (QED) is 0.671. The molecule has 0 aromatic heterocycles. The maximum Gasteiger partial charge on any atom is 0.258 e. The predicted molar refractivity (Wildman–Crippen MR) is 58.0 cm³/mol. The second kappa shape index (κ2) is 3.31. The van der Waals surface area contributed by atoms with Gasteiger partial charge in [-0.1, -0.05) is 12.1 Å². The zero-order valence-electron chi connectivity index (χ0n) is 8.40. The molecule has 3 N–H and O–H groups in total. The third-order valence-electron chi connectivity index (χ3n) is 2.41. The molecule has 0 saturated heterocycles. The van der Waals surface area contributed by atoms with E-state index in [1.165, 1.54) is 4.90 Å². The Balaban J connectivity index is 2.48. The van der Waals surface area contributed by atoms with Crippen LogP contribution in [0.4, 0.5) is 5.69 Å². The normalized spacial score (nSPS) is 16.3. The van der Waals surface area contributed by atoms with E-state index >= 15 is 0 Å². The van der Waals surface area contributed by atoms with Crippen LogP contribution in [0.1, 0.15) is 5.56 Å². The molecule has 0 aliphatic carbocycles. The molecule has 4 heteroatoms. The van der Waals surface area contributed by atoms with E-state index in [9.17, 15) is 9.90 Å². The molecule has 1 aromatic carbocycles. The first-order chi connectivity index (χ1) is 7.09. The van der Waals surface area contributed by atoms with Gasteiger partial charge in [0.1, 0.15) is 5.76 Å². The SMILES string of the molecule is CN1CC(O)=C(c2cccc(N)c2)C1=O. The zero-order chi connectivity index (χ0) is 11.0. The lowest BCUT2D eigenvalue weighted by Crippen LogP contribution is -2.21. The summed E-state index contributed by atoms with van der Waals surface area (Å²) in [6, 6.07) is 6.95. The van der Waals surface area contributed by atoms with Crippen molar-refractivity contribution in [1.82, 2.24) is 4.90 Å². The van der Waals surface area contributed by atoms with Gasteiger partial charge in [-0.3, -0.25) is 4.79 Å². The number of nitrogen functional groups attached to an aromatic ring is 1. The summed E-state index contributed by atoms with van der Waals surface area (Å²) in [5, 5.41) is 9.65. The highest BCUT2D eigenvalue weighted by molar-refractivity contribution is 6.22. The van der Waals surface area contributed by atoms with Crippen LogP contribution in [0.5, 0.6) is 0 Å². The fourth-order valence-electron chi connectivity index (χ4n) is 1.67.